The van der Waals surface area contributed by atoms with Crippen LogP contribution in [0.4, 0.5) is 0 Å². The molecule has 0 N–H and O–H groups in total. The number of aromatic nitrogens is 1. The molecule has 2 aromatic rings. The molecule has 0 bridgehead atoms. The van der Waals surface area contributed by atoms with E-state index in [-0.39, 0.29) is 6.54 Å². The highest BCUT2D eigenvalue weighted by Crippen LogP contribution is 2.23. The smallest absolute Gasteiger partial charge is 0.263 e. The second kappa shape index (κ2) is 7.63. The van der Waals surface area contributed by atoms with Gasteiger partial charge in [-0.15, -0.1) is 6.58 Å². The summed E-state index contributed by atoms with van der Waals surface area (Å²) in [4.78, 5) is 16.8. The molecule has 25 heavy (non-hydrogen) atoms. The molecule has 2 rings (SSSR count). The third-order valence-electron chi connectivity index (χ3n) is 3.83. The third kappa shape index (κ3) is 4.65. The molecule has 0 radical (unpaired) electrons. The largest absolute Gasteiger partial charge is 0.313 e. The minimum absolute atomic E-state index is 0.279. The van der Waals surface area contributed by atoms with E-state index in [4.69, 9.17) is 0 Å². The summed E-state index contributed by atoms with van der Waals surface area (Å²) in [5.74, 6) is -0.0915. The second-order valence-corrected chi connectivity index (χ2v) is 9.29. The fourth-order valence-electron chi connectivity index (χ4n) is 2.29. The van der Waals surface area contributed by atoms with Crippen molar-refractivity contribution < 1.29 is 13.2 Å². The highest BCUT2D eigenvalue weighted by Gasteiger charge is 2.15. The SMILES string of the molecule is C=CCn1c(=NC(=O)CN(C)S(C)(=O)=O)sc2cc(C(C)C)ccc21. The molecule has 0 atom stereocenters. The van der Waals surface area contributed by atoms with Gasteiger partial charge in [0.05, 0.1) is 23.0 Å². The lowest BCUT2D eigenvalue weighted by molar-refractivity contribution is -0.118. The van der Waals surface area contributed by atoms with Crippen LogP contribution in [-0.4, -0.2) is 43.0 Å². The summed E-state index contributed by atoms with van der Waals surface area (Å²) >= 11 is 1.42. The van der Waals surface area contributed by atoms with Crippen LogP contribution in [-0.2, 0) is 21.4 Å². The number of carbonyl (C=O) groups is 1. The van der Waals surface area contributed by atoms with Crippen molar-refractivity contribution in [2.24, 2.45) is 4.99 Å². The van der Waals surface area contributed by atoms with Gasteiger partial charge in [-0.1, -0.05) is 37.3 Å². The molecule has 0 aliphatic carbocycles. The van der Waals surface area contributed by atoms with Crippen molar-refractivity contribution >= 4 is 37.5 Å². The van der Waals surface area contributed by atoms with Gasteiger partial charge in [0.1, 0.15) is 0 Å². The number of rotatable bonds is 6. The minimum Gasteiger partial charge on any atom is -0.313 e. The number of carbonyl (C=O) groups excluding carboxylic acids is 1. The van der Waals surface area contributed by atoms with Gasteiger partial charge in [0.25, 0.3) is 5.91 Å². The van der Waals surface area contributed by atoms with Gasteiger partial charge in [0.15, 0.2) is 4.80 Å². The van der Waals surface area contributed by atoms with E-state index in [1.165, 1.54) is 23.9 Å². The Balaban J connectivity index is 2.50. The van der Waals surface area contributed by atoms with E-state index in [0.717, 1.165) is 20.8 Å². The average Bonchev–Trinajstić information content (AvgIpc) is 2.83. The van der Waals surface area contributed by atoms with Gasteiger partial charge in [-0.3, -0.25) is 4.79 Å². The molecule has 1 amide bonds. The number of sulfonamides is 1. The summed E-state index contributed by atoms with van der Waals surface area (Å²) < 4.78 is 26.8. The Bertz CT molecular complexity index is 969. The van der Waals surface area contributed by atoms with E-state index < -0.39 is 15.9 Å². The number of fused-ring (bicyclic) bond motifs is 1. The van der Waals surface area contributed by atoms with Crippen LogP contribution in [0.15, 0.2) is 35.8 Å². The Hall–Kier alpha value is -1.77. The number of likely N-dealkylation sites (N-methyl/N-ethyl adjacent to an activating group) is 1. The maximum atomic E-state index is 12.2. The van der Waals surface area contributed by atoms with Crippen LogP contribution < -0.4 is 4.80 Å². The molecular weight excluding hydrogens is 358 g/mol. The first-order valence-corrected chi connectivity index (χ1v) is 10.5. The lowest BCUT2D eigenvalue weighted by Gasteiger charge is -2.10. The number of amides is 1. The summed E-state index contributed by atoms with van der Waals surface area (Å²) in [6.45, 7) is 8.26. The lowest BCUT2D eigenvalue weighted by atomic mass is 10.0. The quantitative estimate of drug-likeness (QED) is 0.721. The van der Waals surface area contributed by atoms with Crippen molar-refractivity contribution in [1.29, 1.82) is 0 Å². The van der Waals surface area contributed by atoms with Gasteiger partial charge in [-0.2, -0.15) is 9.30 Å². The van der Waals surface area contributed by atoms with E-state index in [2.05, 4.69) is 37.6 Å². The molecule has 0 spiro atoms. The van der Waals surface area contributed by atoms with Crippen molar-refractivity contribution in [2.75, 3.05) is 19.8 Å². The topological polar surface area (TPSA) is 71.7 Å². The summed E-state index contributed by atoms with van der Waals surface area (Å²) in [6.07, 6.45) is 2.81. The molecule has 0 aliphatic rings. The minimum atomic E-state index is -3.42. The monoisotopic (exact) mass is 381 g/mol. The number of thiazole rings is 1. The van der Waals surface area contributed by atoms with Gasteiger partial charge < -0.3 is 4.57 Å². The van der Waals surface area contributed by atoms with Crippen molar-refractivity contribution in [1.82, 2.24) is 8.87 Å². The van der Waals surface area contributed by atoms with Crippen LogP contribution in [0, 0.1) is 0 Å². The van der Waals surface area contributed by atoms with Gasteiger partial charge in [-0.25, -0.2) is 8.42 Å². The Labute approximate surface area is 152 Å². The zero-order valence-electron chi connectivity index (χ0n) is 14.9. The molecule has 6 nitrogen and oxygen atoms in total. The maximum absolute atomic E-state index is 12.2. The van der Waals surface area contributed by atoms with Gasteiger partial charge in [0.2, 0.25) is 10.0 Å². The normalized spacial score (nSPS) is 13.1. The summed E-state index contributed by atoms with van der Waals surface area (Å²) in [7, 11) is -2.06. The second-order valence-electron chi connectivity index (χ2n) is 6.19. The third-order valence-corrected chi connectivity index (χ3v) is 6.13. The lowest BCUT2D eigenvalue weighted by Crippen LogP contribution is -2.31. The van der Waals surface area contributed by atoms with E-state index in [1.54, 1.807) is 6.08 Å². The zero-order valence-corrected chi connectivity index (χ0v) is 16.5. The fraction of sp³-hybridized carbons (Fsp3) is 0.412. The number of allylic oxidation sites excluding steroid dienone is 1. The number of benzene rings is 1. The van der Waals surface area contributed by atoms with E-state index in [9.17, 15) is 13.2 Å². The first-order valence-electron chi connectivity index (χ1n) is 7.86. The molecule has 8 heteroatoms. The molecule has 0 fully saturated rings. The standard InChI is InChI=1S/C17H23N3O3S2/c1-6-9-20-14-8-7-13(12(2)3)10-15(14)24-17(20)18-16(21)11-19(4)25(5,22)23/h6-8,10,12H,1,9,11H2,2-5H3. The zero-order chi connectivity index (χ0) is 18.8. The first kappa shape index (κ1) is 19.6. The van der Waals surface area contributed by atoms with Crippen molar-refractivity contribution in [3.63, 3.8) is 0 Å². The maximum Gasteiger partial charge on any atom is 0.263 e. The first-order chi connectivity index (χ1) is 11.6. The number of hydrogen-bond donors (Lipinski definition) is 0. The van der Waals surface area contributed by atoms with Gasteiger partial charge in [-0.05, 0) is 23.6 Å². The Kier molecular flexibility index (Phi) is 5.97. The predicted molar refractivity (Wildman–Crippen MR) is 102 cm³/mol. The van der Waals surface area contributed by atoms with E-state index >= 15 is 0 Å². The van der Waals surface area contributed by atoms with Crippen LogP contribution >= 0.6 is 11.3 Å². The van der Waals surface area contributed by atoms with Crippen molar-refractivity contribution in [3.8, 4) is 0 Å². The molecule has 1 aromatic carbocycles. The Morgan fingerprint density at radius 3 is 2.68 bits per heavy atom. The summed E-state index contributed by atoms with van der Waals surface area (Å²) in [6, 6.07) is 6.20. The molecule has 136 valence electrons. The fourth-order valence-corrected chi connectivity index (χ4v) is 3.74. The molecule has 1 heterocycles. The van der Waals surface area contributed by atoms with Gasteiger partial charge >= 0.3 is 0 Å². The van der Waals surface area contributed by atoms with Crippen LogP contribution in [0.1, 0.15) is 25.3 Å². The molecule has 0 saturated heterocycles. The van der Waals surface area contributed by atoms with E-state index in [0.29, 0.717) is 17.3 Å². The molecular formula is C17H23N3O3S2. The van der Waals surface area contributed by atoms with Crippen LogP contribution in [0.5, 0.6) is 0 Å². The van der Waals surface area contributed by atoms with Crippen LogP contribution in [0.2, 0.25) is 0 Å². The summed E-state index contributed by atoms with van der Waals surface area (Å²) in [5.41, 5.74) is 2.20. The Morgan fingerprint density at radius 1 is 1.44 bits per heavy atom. The predicted octanol–water partition coefficient (Wildman–Crippen LogP) is 2.33. The summed E-state index contributed by atoms with van der Waals surface area (Å²) in [5, 5.41) is 0. The molecule has 0 aliphatic heterocycles. The highest BCUT2D eigenvalue weighted by molar-refractivity contribution is 7.88. The van der Waals surface area contributed by atoms with Gasteiger partial charge in [0, 0.05) is 13.6 Å². The van der Waals surface area contributed by atoms with Crippen molar-refractivity contribution in [2.45, 2.75) is 26.3 Å². The highest BCUT2D eigenvalue weighted by atomic mass is 32.2. The number of hydrogen-bond acceptors (Lipinski definition) is 4. The average molecular weight is 382 g/mol. The van der Waals surface area contributed by atoms with Crippen molar-refractivity contribution in [3.05, 3.63) is 41.2 Å². The Morgan fingerprint density at radius 2 is 2.12 bits per heavy atom. The number of nitrogens with zero attached hydrogens (tertiary/aromatic N) is 3. The molecule has 1 aromatic heterocycles. The molecule has 0 unspecified atom stereocenters. The van der Waals surface area contributed by atoms with E-state index in [1.807, 2.05) is 10.6 Å². The van der Waals surface area contributed by atoms with Crippen LogP contribution in [0.25, 0.3) is 10.2 Å². The van der Waals surface area contributed by atoms with Crippen LogP contribution in [0.3, 0.4) is 0 Å². The molecule has 0 saturated carbocycles.